The van der Waals surface area contributed by atoms with Crippen molar-refractivity contribution in [2.24, 2.45) is 14.1 Å². The lowest BCUT2D eigenvalue weighted by molar-refractivity contribution is 0.102. The molecule has 4 aromatic rings. The molecular formula is C19H18N6O. The average molecular weight is 346 g/mol. The van der Waals surface area contributed by atoms with Gasteiger partial charge in [-0.1, -0.05) is 30.3 Å². The first-order valence-electron chi connectivity index (χ1n) is 8.23. The molecule has 0 aliphatic rings. The zero-order valence-electron chi connectivity index (χ0n) is 14.8. The van der Waals surface area contributed by atoms with E-state index in [1.807, 2.05) is 50.4 Å². The Balaban J connectivity index is 1.87. The van der Waals surface area contributed by atoms with Crippen LogP contribution in [0.5, 0.6) is 0 Å². The quantitative estimate of drug-likeness (QED) is 0.619. The summed E-state index contributed by atoms with van der Waals surface area (Å²) in [5.74, 6) is 0.273. The van der Waals surface area contributed by atoms with Gasteiger partial charge in [0.05, 0.1) is 22.3 Å². The van der Waals surface area contributed by atoms with Gasteiger partial charge in [-0.2, -0.15) is 10.2 Å². The van der Waals surface area contributed by atoms with Gasteiger partial charge in [-0.25, -0.2) is 4.98 Å². The van der Waals surface area contributed by atoms with Gasteiger partial charge in [-0.3, -0.25) is 14.2 Å². The molecule has 0 spiro atoms. The molecular weight excluding hydrogens is 328 g/mol. The van der Waals surface area contributed by atoms with E-state index in [0.717, 1.165) is 22.3 Å². The van der Waals surface area contributed by atoms with Crippen LogP contribution in [0, 0.1) is 6.92 Å². The normalized spacial score (nSPS) is 11.0. The fourth-order valence-corrected chi connectivity index (χ4v) is 3.05. The first-order valence-corrected chi connectivity index (χ1v) is 8.23. The van der Waals surface area contributed by atoms with E-state index in [9.17, 15) is 4.79 Å². The Kier molecular flexibility index (Phi) is 3.76. The number of anilines is 1. The molecule has 3 aromatic heterocycles. The third-order valence-corrected chi connectivity index (χ3v) is 4.24. The van der Waals surface area contributed by atoms with Gasteiger partial charge < -0.3 is 5.32 Å². The number of benzene rings is 1. The van der Waals surface area contributed by atoms with Crippen LogP contribution in [0.15, 0.2) is 48.7 Å². The zero-order valence-corrected chi connectivity index (χ0v) is 14.8. The van der Waals surface area contributed by atoms with Gasteiger partial charge in [0.25, 0.3) is 5.91 Å². The van der Waals surface area contributed by atoms with Crippen molar-refractivity contribution in [3.63, 3.8) is 0 Å². The number of aryl methyl sites for hydroxylation is 3. The number of fused-ring (bicyclic) bond motifs is 1. The SMILES string of the molecule is Cc1nn(C)c2nc(-c3ccccc3)cc(C(=O)Nc3ccn(C)n3)c12. The number of amides is 1. The van der Waals surface area contributed by atoms with Gasteiger partial charge in [-0.05, 0) is 13.0 Å². The largest absolute Gasteiger partial charge is 0.305 e. The van der Waals surface area contributed by atoms with Gasteiger partial charge in [0.1, 0.15) is 0 Å². The van der Waals surface area contributed by atoms with Crippen molar-refractivity contribution in [1.82, 2.24) is 24.5 Å². The van der Waals surface area contributed by atoms with E-state index < -0.39 is 0 Å². The Hall–Kier alpha value is -3.48. The van der Waals surface area contributed by atoms with Crippen molar-refractivity contribution in [3.05, 3.63) is 59.9 Å². The van der Waals surface area contributed by atoms with Gasteiger partial charge in [0.15, 0.2) is 11.5 Å². The fourth-order valence-electron chi connectivity index (χ4n) is 3.05. The van der Waals surface area contributed by atoms with Crippen molar-refractivity contribution in [3.8, 4) is 11.3 Å². The molecule has 0 bridgehead atoms. The van der Waals surface area contributed by atoms with Crippen LogP contribution in [-0.2, 0) is 14.1 Å². The van der Waals surface area contributed by atoms with Gasteiger partial charge in [-0.15, -0.1) is 0 Å². The number of aromatic nitrogens is 5. The minimum absolute atomic E-state index is 0.232. The second kappa shape index (κ2) is 6.11. The number of carbonyl (C=O) groups is 1. The number of pyridine rings is 1. The molecule has 0 saturated carbocycles. The number of carbonyl (C=O) groups excluding carboxylic acids is 1. The molecule has 0 fully saturated rings. The predicted octanol–water partition coefficient (Wildman–Crippen LogP) is 2.93. The van der Waals surface area contributed by atoms with E-state index in [1.54, 1.807) is 28.7 Å². The van der Waals surface area contributed by atoms with Gasteiger partial charge in [0.2, 0.25) is 0 Å². The van der Waals surface area contributed by atoms with Crippen LogP contribution >= 0.6 is 0 Å². The topological polar surface area (TPSA) is 77.6 Å². The fraction of sp³-hybridized carbons (Fsp3) is 0.158. The summed E-state index contributed by atoms with van der Waals surface area (Å²) >= 11 is 0. The van der Waals surface area contributed by atoms with Crippen molar-refractivity contribution < 1.29 is 4.79 Å². The van der Waals surface area contributed by atoms with Crippen LogP contribution in [0.3, 0.4) is 0 Å². The maximum Gasteiger partial charge on any atom is 0.257 e. The number of hydrogen-bond donors (Lipinski definition) is 1. The molecule has 1 N–H and O–H groups in total. The van der Waals surface area contributed by atoms with E-state index in [1.165, 1.54) is 0 Å². The zero-order chi connectivity index (χ0) is 18.3. The Morgan fingerprint density at radius 1 is 1.08 bits per heavy atom. The number of rotatable bonds is 3. The predicted molar refractivity (Wildman–Crippen MR) is 99.8 cm³/mol. The molecule has 7 heteroatoms. The Morgan fingerprint density at radius 3 is 2.54 bits per heavy atom. The van der Waals surface area contributed by atoms with E-state index in [2.05, 4.69) is 15.5 Å². The third kappa shape index (κ3) is 2.73. The molecule has 3 heterocycles. The average Bonchev–Trinajstić information content (AvgIpc) is 3.18. The molecule has 130 valence electrons. The highest BCUT2D eigenvalue weighted by atomic mass is 16.1. The highest BCUT2D eigenvalue weighted by Crippen LogP contribution is 2.27. The maximum absolute atomic E-state index is 13.0. The summed E-state index contributed by atoms with van der Waals surface area (Å²) in [7, 11) is 3.64. The van der Waals surface area contributed by atoms with Gasteiger partial charge >= 0.3 is 0 Å². The van der Waals surface area contributed by atoms with Gasteiger partial charge in [0, 0.05) is 31.9 Å². The van der Waals surface area contributed by atoms with E-state index in [4.69, 9.17) is 4.98 Å². The third-order valence-electron chi connectivity index (χ3n) is 4.24. The van der Waals surface area contributed by atoms with Crippen LogP contribution in [0.25, 0.3) is 22.3 Å². The van der Waals surface area contributed by atoms with Crippen LogP contribution in [0.4, 0.5) is 5.82 Å². The molecule has 0 saturated heterocycles. The monoisotopic (exact) mass is 346 g/mol. The molecule has 1 aromatic carbocycles. The Labute approximate surface area is 150 Å². The maximum atomic E-state index is 13.0. The Morgan fingerprint density at radius 2 is 1.85 bits per heavy atom. The molecule has 4 rings (SSSR count). The summed E-state index contributed by atoms with van der Waals surface area (Å²) in [6.45, 7) is 1.88. The molecule has 0 aliphatic carbocycles. The summed E-state index contributed by atoms with van der Waals surface area (Å²) < 4.78 is 3.34. The molecule has 0 atom stereocenters. The molecule has 26 heavy (non-hydrogen) atoms. The van der Waals surface area contributed by atoms with E-state index in [-0.39, 0.29) is 5.91 Å². The van der Waals surface area contributed by atoms with E-state index in [0.29, 0.717) is 17.0 Å². The summed E-state index contributed by atoms with van der Waals surface area (Å²) in [4.78, 5) is 17.7. The number of nitrogens with zero attached hydrogens (tertiary/aromatic N) is 5. The van der Waals surface area contributed by atoms with Crippen molar-refractivity contribution in [2.75, 3.05) is 5.32 Å². The lowest BCUT2D eigenvalue weighted by Gasteiger charge is -2.08. The molecule has 0 aliphatic heterocycles. The second-order valence-corrected chi connectivity index (χ2v) is 6.16. The highest BCUT2D eigenvalue weighted by Gasteiger charge is 2.19. The lowest BCUT2D eigenvalue weighted by Crippen LogP contribution is -2.14. The minimum Gasteiger partial charge on any atom is -0.305 e. The minimum atomic E-state index is -0.232. The number of hydrogen-bond acceptors (Lipinski definition) is 4. The highest BCUT2D eigenvalue weighted by molar-refractivity contribution is 6.13. The molecule has 7 nitrogen and oxygen atoms in total. The van der Waals surface area contributed by atoms with Crippen molar-refractivity contribution in [2.45, 2.75) is 6.92 Å². The summed E-state index contributed by atoms with van der Waals surface area (Å²) in [6.07, 6.45) is 1.78. The van der Waals surface area contributed by atoms with E-state index >= 15 is 0 Å². The summed E-state index contributed by atoms with van der Waals surface area (Å²) in [5.41, 5.74) is 3.65. The lowest BCUT2D eigenvalue weighted by atomic mass is 10.0. The first kappa shape index (κ1) is 16.0. The van der Waals surface area contributed by atoms with Crippen molar-refractivity contribution in [1.29, 1.82) is 0 Å². The van der Waals surface area contributed by atoms with Crippen LogP contribution in [0.1, 0.15) is 16.1 Å². The van der Waals surface area contributed by atoms with Crippen molar-refractivity contribution >= 4 is 22.8 Å². The second-order valence-electron chi connectivity index (χ2n) is 6.16. The Bertz CT molecular complexity index is 1110. The summed E-state index contributed by atoms with van der Waals surface area (Å²) in [6, 6.07) is 13.3. The van der Waals surface area contributed by atoms with Crippen LogP contribution in [-0.4, -0.2) is 30.5 Å². The standard InChI is InChI=1S/C19H18N6O/c1-12-17-14(19(26)21-16-9-10-24(2)23-16)11-15(13-7-5-4-6-8-13)20-18(17)25(3)22-12/h4-11H,1-3H3,(H,21,23,26). The first-order chi connectivity index (χ1) is 12.5. The molecule has 1 amide bonds. The van der Waals surface area contributed by atoms with Crippen LogP contribution in [0.2, 0.25) is 0 Å². The number of nitrogens with one attached hydrogen (secondary N) is 1. The molecule has 0 unspecified atom stereocenters. The molecule has 0 radical (unpaired) electrons. The van der Waals surface area contributed by atoms with Crippen LogP contribution < -0.4 is 5.32 Å². The smallest absolute Gasteiger partial charge is 0.257 e. The summed E-state index contributed by atoms with van der Waals surface area (Å²) in [5, 5.41) is 12.2.